The monoisotopic (exact) mass is 321 g/mol. The first-order valence-corrected chi connectivity index (χ1v) is 7.08. The fourth-order valence-corrected chi connectivity index (χ4v) is 2.37. The summed E-state index contributed by atoms with van der Waals surface area (Å²) < 4.78 is 39.2. The second-order valence-electron chi connectivity index (χ2n) is 3.42. The van der Waals surface area contributed by atoms with Gasteiger partial charge in [-0.25, -0.2) is 22.8 Å². The number of halogens is 3. The average molecular weight is 322 g/mol. The molecule has 0 saturated carbocycles. The van der Waals surface area contributed by atoms with E-state index in [-0.39, 0.29) is 20.9 Å². The van der Waals surface area contributed by atoms with Crippen LogP contribution in [-0.2, 0) is 10.0 Å². The average Bonchev–Trinajstić information content (AvgIpc) is 2.34. The first-order valence-electron chi connectivity index (χ1n) is 4.84. The molecule has 5 nitrogen and oxygen atoms in total. The highest BCUT2D eigenvalue weighted by molar-refractivity contribution is 7.92. The van der Waals surface area contributed by atoms with Crippen LogP contribution in [0.3, 0.4) is 0 Å². The van der Waals surface area contributed by atoms with E-state index >= 15 is 0 Å². The lowest BCUT2D eigenvalue weighted by atomic mass is 10.3. The van der Waals surface area contributed by atoms with Crippen molar-refractivity contribution in [2.75, 3.05) is 4.72 Å². The summed E-state index contributed by atoms with van der Waals surface area (Å²) >= 11 is 11.0. The van der Waals surface area contributed by atoms with Gasteiger partial charge in [0.15, 0.2) is 0 Å². The Hall–Kier alpha value is -1.44. The smallest absolute Gasteiger partial charge is 0.264 e. The topological polar surface area (TPSA) is 72.0 Å². The van der Waals surface area contributed by atoms with Crippen LogP contribution in [0.25, 0.3) is 0 Å². The minimum Gasteiger partial charge on any atom is -0.279 e. The first kappa shape index (κ1) is 14.0. The van der Waals surface area contributed by atoms with Gasteiger partial charge in [0.2, 0.25) is 5.28 Å². The molecule has 0 atom stereocenters. The Balaban J connectivity index is 2.30. The van der Waals surface area contributed by atoms with Gasteiger partial charge in [0.1, 0.15) is 10.7 Å². The van der Waals surface area contributed by atoms with Gasteiger partial charge in [-0.15, -0.1) is 0 Å². The summed E-state index contributed by atoms with van der Waals surface area (Å²) in [6.07, 6.45) is 2.09. The van der Waals surface area contributed by atoms with Gasteiger partial charge in [-0.2, -0.15) is 0 Å². The normalized spacial score (nSPS) is 11.3. The van der Waals surface area contributed by atoms with Gasteiger partial charge in [0.05, 0.1) is 23.1 Å². The molecule has 2 rings (SSSR count). The van der Waals surface area contributed by atoms with E-state index in [4.69, 9.17) is 23.2 Å². The summed E-state index contributed by atoms with van der Waals surface area (Å²) in [5.74, 6) is -0.728. The highest BCUT2D eigenvalue weighted by Gasteiger charge is 2.16. The Morgan fingerprint density at radius 2 is 1.79 bits per heavy atom. The number of nitrogens with zero attached hydrogens (tertiary/aromatic N) is 2. The molecule has 19 heavy (non-hydrogen) atoms. The van der Waals surface area contributed by atoms with E-state index in [9.17, 15) is 12.8 Å². The molecule has 0 unspecified atom stereocenters. The van der Waals surface area contributed by atoms with Gasteiger partial charge >= 0.3 is 0 Å². The molecule has 0 bridgehead atoms. The molecule has 1 N–H and O–H groups in total. The van der Waals surface area contributed by atoms with Crippen LogP contribution < -0.4 is 4.72 Å². The minimum atomic E-state index is -3.90. The van der Waals surface area contributed by atoms with Gasteiger partial charge in [0, 0.05) is 0 Å². The molecule has 9 heteroatoms. The van der Waals surface area contributed by atoms with Crippen LogP contribution in [0.1, 0.15) is 0 Å². The van der Waals surface area contributed by atoms with Crippen LogP contribution in [0.4, 0.5) is 10.1 Å². The minimum absolute atomic E-state index is 0.0388. The lowest BCUT2D eigenvalue weighted by Crippen LogP contribution is -2.13. The van der Waals surface area contributed by atoms with E-state index in [2.05, 4.69) is 14.7 Å². The van der Waals surface area contributed by atoms with E-state index in [1.54, 1.807) is 0 Å². The van der Waals surface area contributed by atoms with E-state index in [0.29, 0.717) is 0 Å². The number of nitrogens with one attached hydrogen (secondary N) is 1. The molecule has 0 amide bonds. The van der Waals surface area contributed by atoms with Crippen molar-refractivity contribution in [3.05, 3.63) is 46.7 Å². The number of rotatable bonds is 3. The van der Waals surface area contributed by atoms with Gasteiger partial charge in [-0.1, -0.05) is 11.6 Å². The number of aromatic nitrogens is 2. The standard InChI is InChI=1S/C10H6Cl2FN3O2S/c11-8-2-1-6(3-9(8)13)16-19(17,18)7-4-14-10(12)15-5-7/h1-5,16H. The van der Waals surface area contributed by atoms with Gasteiger partial charge in [-0.05, 0) is 29.8 Å². The number of benzene rings is 1. The summed E-state index contributed by atoms with van der Waals surface area (Å²) in [7, 11) is -3.90. The lowest BCUT2D eigenvalue weighted by molar-refractivity contribution is 0.600. The Bertz CT molecular complexity index is 707. The number of hydrogen-bond acceptors (Lipinski definition) is 4. The zero-order valence-electron chi connectivity index (χ0n) is 9.14. The SMILES string of the molecule is O=S(=O)(Nc1ccc(Cl)c(F)c1)c1cnc(Cl)nc1. The number of anilines is 1. The van der Waals surface area contributed by atoms with Gasteiger partial charge in [0.25, 0.3) is 10.0 Å². The van der Waals surface area contributed by atoms with Crippen LogP contribution in [0.15, 0.2) is 35.5 Å². The Kier molecular flexibility index (Phi) is 3.88. The number of hydrogen-bond donors (Lipinski definition) is 1. The van der Waals surface area contributed by atoms with Crippen LogP contribution in [0.5, 0.6) is 0 Å². The van der Waals surface area contributed by atoms with Gasteiger partial charge < -0.3 is 0 Å². The molecule has 0 aliphatic heterocycles. The third kappa shape index (κ3) is 3.31. The predicted molar refractivity (Wildman–Crippen MR) is 69.3 cm³/mol. The summed E-state index contributed by atoms with van der Waals surface area (Å²) in [6.45, 7) is 0. The Labute approximate surface area is 118 Å². The van der Waals surface area contributed by atoms with E-state index in [0.717, 1.165) is 18.5 Å². The van der Waals surface area contributed by atoms with Crippen molar-refractivity contribution in [1.29, 1.82) is 0 Å². The zero-order valence-corrected chi connectivity index (χ0v) is 11.5. The molecule has 0 aliphatic rings. The molecule has 2 aromatic rings. The highest BCUT2D eigenvalue weighted by Crippen LogP contribution is 2.21. The third-order valence-corrected chi connectivity index (χ3v) is 3.92. The van der Waals surface area contributed by atoms with Crippen LogP contribution in [0, 0.1) is 5.82 Å². The predicted octanol–water partition coefficient (Wildman–Crippen LogP) is 2.72. The fourth-order valence-electron chi connectivity index (χ4n) is 1.21. The molecule has 0 fully saturated rings. The third-order valence-electron chi connectivity index (χ3n) is 2.08. The summed E-state index contributed by atoms with van der Waals surface area (Å²) in [5.41, 5.74) is 0.0388. The molecule has 0 aliphatic carbocycles. The maximum absolute atomic E-state index is 13.2. The highest BCUT2D eigenvalue weighted by atomic mass is 35.5. The lowest BCUT2D eigenvalue weighted by Gasteiger charge is -2.07. The molecular weight excluding hydrogens is 316 g/mol. The van der Waals surface area contributed by atoms with Crippen molar-refractivity contribution in [1.82, 2.24) is 9.97 Å². The Morgan fingerprint density at radius 1 is 1.16 bits per heavy atom. The van der Waals surface area contributed by atoms with E-state index in [1.807, 2.05) is 0 Å². The fraction of sp³-hybridized carbons (Fsp3) is 0. The van der Waals surface area contributed by atoms with Gasteiger partial charge in [-0.3, -0.25) is 4.72 Å². The quantitative estimate of drug-likeness (QED) is 0.882. The van der Waals surface area contributed by atoms with Crippen LogP contribution >= 0.6 is 23.2 Å². The molecule has 0 spiro atoms. The van der Waals surface area contributed by atoms with Crippen molar-refractivity contribution in [3.63, 3.8) is 0 Å². The van der Waals surface area contributed by atoms with Crippen molar-refractivity contribution in [2.45, 2.75) is 4.90 Å². The molecule has 0 radical (unpaired) electrons. The molecular formula is C10H6Cl2FN3O2S. The second kappa shape index (κ2) is 5.28. The van der Waals surface area contributed by atoms with Crippen molar-refractivity contribution in [2.24, 2.45) is 0 Å². The largest absolute Gasteiger partial charge is 0.279 e. The van der Waals surface area contributed by atoms with Crippen molar-refractivity contribution in [3.8, 4) is 0 Å². The zero-order chi connectivity index (χ0) is 14.0. The van der Waals surface area contributed by atoms with E-state index < -0.39 is 15.8 Å². The summed E-state index contributed by atoms with van der Waals surface area (Å²) in [4.78, 5) is 6.93. The molecule has 1 aromatic heterocycles. The van der Waals surface area contributed by atoms with Crippen LogP contribution in [0.2, 0.25) is 10.3 Å². The summed E-state index contributed by atoms with van der Waals surface area (Å²) in [5, 5.41) is -0.172. The van der Waals surface area contributed by atoms with Crippen molar-refractivity contribution >= 4 is 38.9 Å². The molecule has 100 valence electrons. The Morgan fingerprint density at radius 3 is 2.37 bits per heavy atom. The molecule has 0 saturated heterocycles. The van der Waals surface area contributed by atoms with Crippen LogP contribution in [-0.4, -0.2) is 18.4 Å². The first-order chi connectivity index (χ1) is 8.88. The molecule has 1 aromatic carbocycles. The van der Waals surface area contributed by atoms with E-state index in [1.165, 1.54) is 12.1 Å². The van der Waals surface area contributed by atoms with Crippen molar-refractivity contribution < 1.29 is 12.8 Å². The maximum atomic E-state index is 13.2. The maximum Gasteiger partial charge on any atom is 0.264 e. The second-order valence-corrected chi connectivity index (χ2v) is 5.85. The summed E-state index contributed by atoms with van der Waals surface area (Å²) in [6, 6.07) is 3.55. The number of sulfonamides is 1. The molecule has 1 heterocycles.